The first-order valence-corrected chi connectivity index (χ1v) is 5.35. The average molecular weight is 184 g/mol. The number of allylic oxidation sites excluding steroid dienone is 2. The molecule has 0 radical (unpaired) electrons. The van der Waals surface area contributed by atoms with Gasteiger partial charge in [0.05, 0.1) is 0 Å². The molecule has 0 aromatic heterocycles. The van der Waals surface area contributed by atoms with Crippen molar-refractivity contribution in [1.82, 2.24) is 0 Å². The maximum atomic E-state index is 4.93. The Balaban J connectivity index is 3.05. The van der Waals surface area contributed by atoms with Crippen LogP contribution in [0.15, 0.2) is 12.2 Å². The van der Waals surface area contributed by atoms with Gasteiger partial charge in [0.2, 0.25) is 0 Å². The summed E-state index contributed by atoms with van der Waals surface area (Å²) in [6.07, 6.45) is 12.2. The number of hydrogen-bond acceptors (Lipinski definition) is 1. The second-order valence-electron chi connectivity index (χ2n) is 3.22. The molecule has 0 aliphatic rings. The largest absolute Gasteiger partial charge is 0.0852 e. The van der Waals surface area contributed by atoms with Gasteiger partial charge >= 0.3 is 0 Å². The van der Waals surface area contributed by atoms with E-state index in [1.54, 1.807) is 0 Å². The molecule has 0 aromatic carbocycles. The molecule has 0 aliphatic carbocycles. The number of thiocarbonyl (C=S) groups is 1. The lowest BCUT2D eigenvalue weighted by Crippen LogP contribution is -1.78. The van der Waals surface area contributed by atoms with Crippen molar-refractivity contribution in [2.45, 2.75) is 52.4 Å². The quantitative estimate of drug-likeness (QED) is 0.323. The van der Waals surface area contributed by atoms with Crippen LogP contribution in [0.4, 0.5) is 0 Å². The molecule has 0 rings (SSSR count). The molecule has 0 bridgehead atoms. The van der Waals surface area contributed by atoms with Gasteiger partial charge in [0.25, 0.3) is 0 Å². The summed E-state index contributed by atoms with van der Waals surface area (Å²) in [7, 11) is 0. The first-order chi connectivity index (χ1) is 5.77. The molecule has 0 aliphatic heterocycles. The van der Waals surface area contributed by atoms with E-state index in [0.717, 1.165) is 4.86 Å². The van der Waals surface area contributed by atoms with Crippen LogP contribution in [-0.4, -0.2) is 4.86 Å². The summed E-state index contributed by atoms with van der Waals surface area (Å²) < 4.78 is 0. The zero-order valence-electron chi connectivity index (χ0n) is 8.31. The van der Waals surface area contributed by atoms with Gasteiger partial charge in [-0.25, -0.2) is 0 Å². The van der Waals surface area contributed by atoms with Crippen molar-refractivity contribution >= 4 is 17.1 Å². The summed E-state index contributed by atoms with van der Waals surface area (Å²) in [6, 6.07) is 0. The molecular formula is C11H20S. The van der Waals surface area contributed by atoms with Crippen molar-refractivity contribution in [2.24, 2.45) is 0 Å². The first kappa shape index (κ1) is 11.8. The smallest absolute Gasteiger partial charge is 0.0118 e. The Morgan fingerprint density at radius 1 is 1.17 bits per heavy atom. The van der Waals surface area contributed by atoms with Crippen molar-refractivity contribution in [3.05, 3.63) is 12.2 Å². The molecule has 0 spiro atoms. The van der Waals surface area contributed by atoms with E-state index < -0.39 is 0 Å². The van der Waals surface area contributed by atoms with Gasteiger partial charge in [-0.1, -0.05) is 57.0 Å². The van der Waals surface area contributed by atoms with Crippen LogP contribution in [-0.2, 0) is 0 Å². The highest BCUT2D eigenvalue weighted by molar-refractivity contribution is 7.80. The molecular weight excluding hydrogens is 164 g/mol. The molecule has 0 nitrogen and oxygen atoms in total. The van der Waals surface area contributed by atoms with Crippen molar-refractivity contribution in [2.75, 3.05) is 0 Å². The van der Waals surface area contributed by atoms with Crippen LogP contribution in [0.1, 0.15) is 52.4 Å². The number of rotatable bonds is 7. The summed E-state index contributed by atoms with van der Waals surface area (Å²) in [5, 5.41) is 0. The molecule has 0 saturated carbocycles. The third-order valence-electron chi connectivity index (χ3n) is 1.83. The predicted molar refractivity (Wildman–Crippen MR) is 60.8 cm³/mol. The highest BCUT2D eigenvalue weighted by Crippen LogP contribution is 2.05. The fourth-order valence-electron chi connectivity index (χ4n) is 1.12. The lowest BCUT2D eigenvalue weighted by molar-refractivity contribution is 0.637. The van der Waals surface area contributed by atoms with E-state index in [9.17, 15) is 0 Å². The van der Waals surface area contributed by atoms with E-state index in [-0.39, 0.29) is 0 Å². The zero-order chi connectivity index (χ0) is 9.23. The Morgan fingerprint density at radius 3 is 2.42 bits per heavy atom. The SMILES string of the molecule is CCCCCCCC=CC(C)=S. The van der Waals surface area contributed by atoms with Crippen LogP contribution < -0.4 is 0 Å². The molecule has 0 fully saturated rings. The topological polar surface area (TPSA) is 0 Å². The maximum absolute atomic E-state index is 4.93. The van der Waals surface area contributed by atoms with Gasteiger partial charge < -0.3 is 0 Å². The van der Waals surface area contributed by atoms with Gasteiger partial charge in [-0.15, -0.1) is 0 Å². The van der Waals surface area contributed by atoms with Crippen LogP contribution in [0.5, 0.6) is 0 Å². The second kappa shape index (κ2) is 8.92. The Kier molecular flexibility index (Phi) is 8.80. The predicted octanol–water partition coefficient (Wildman–Crippen LogP) is 4.29. The summed E-state index contributed by atoms with van der Waals surface area (Å²) in [4.78, 5) is 0.989. The molecule has 0 heterocycles. The lowest BCUT2D eigenvalue weighted by Gasteiger charge is -1.95. The summed E-state index contributed by atoms with van der Waals surface area (Å²) in [5.41, 5.74) is 0. The zero-order valence-corrected chi connectivity index (χ0v) is 9.12. The molecule has 0 unspecified atom stereocenters. The molecule has 0 saturated heterocycles. The van der Waals surface area contributed by atoms with Gasteiger partial charge in [0.15, 0.2) is 0 Å². The van der Waals surface area contributed by atoms with Crippen LogP contribution >= 0.6 is 12.2 Å². The Labute approximate surface area is 82.1 Å². The normalized spacial score (nSPS) is 10.8. The van der Waals surface area contributed by atoms with Crippen LogP contribution in [0.25, 0.3) is 0 Å². The van der Waals surface area contributed by atoms with E-state index in [4.69, 9.17) is 12.2 Å². The summed E-state index contributed by atoms with van der Waals surface area (Å²) in [5.74, 6) is 0. The fourth-order valence-corrected chi connectivity index (χ4v) is 1.21. The van der Waals surface area contributed by atoms with Crippen LogP contribution in [0.3, 0.4) is 0 Å². The Morgan fingerprint density at radius 2 is 1.83 bits per heavy atom. The van der Waals surface area contributed by atoms with E-state index in [0.29, 0.717) is 0 Å². The molecule has 70 valence electrons. The van der Waals surface area contributed by atoms with Crippen molar-refractivity contribution in [3.63, 3.8) is 0 Å². The van der Waals surface area contributed by atoms with Gasteiger partial charge in [0, 0.05) is 4.86 Å². The highest BCUT2D eigenvalue weighted by atomic mass is 32.1. The van der Waals surface area contributed by atoms with Crippen LogP contribution in [0.2, 0.25) is 0 Å². The van der Waals surface area contributed by atoms with Crippen LogP contribution in [0, 0.1) is 0 Å². The monoisotopic (exact) mass is 184 g/mol. The second-order valence-corrected chi connectivity index (χ2v) is 3.86. The third-order valence-corrected chi connectivity index (χ3v) is 1.96. The first-order valence-electron chi connectivity index (χ1n) is 4.94. The Bertz CT molecular complexity index is 136. The number of unbranched alkanes of at least 4 members (excludes halogenated alkanes) is 5. The molecule has 0 N–H and O–H groups in total. The van der Waals surface area contributed by atoms with Gasteiger partial charge in [-0.2, -0.15) is 0 Å². The minimum atomic E-state index is 0.989. The highest BCUT2D eigenvalue weighted by Gasteiger charge is 1.86. The minimum Gasteiger partial charge on any atom is -0.0852 e. The standard InChI is InChI=1S/C11H20S/c1-3-4-5-6-7-8-9-10-11(2)12/h9-10H,3-8H2,1-2H3. The minimum absolute atomic E-state index is 0.989. The van der Waals surface area contributed by atoms with Gasteiger partial charge in [-0.05, 0) is 19.8 Å². The average Bonchev–Trinajstić information content (AvgIpc) is 2.02. The molecule has 12 heavy (non-hydrogen) atoms. The van der Waals surface area contributed by atoms with E-state index in [1.165, 1.54) is 38.5 Å². The van der Waals surface area contributed by atoms with E-state index in [1.807, 2.05) is 13.0 Å². The molecule has 0 amide bonds. The number of hydrogen-bond donors (Lipinski definition) is 0. The fraction of sp³-hybridized carbons (Fsp3) is 0.727. The maximum Gasteiger partial charge on any atom is 0.0118 e. The van der Waals surface area contributed by atoms with Crippen molar-refractivity contribution < 1.29 is 0 Å². The van der Waals surface area contributed by atoms with Crippen molar-refractivity contribution in [1.29, 1.82) is 0 Å². The van der Waals surface area contributed by atoms with Crippen molar-refractivity contribution in [3.8, 4) is 0 Å². The Hall–Kier alpha value is -0.170. The summed E-state index contributed by atoms with van der Waals surface area (Å²) >= 11 is 4.93. The van der Waals surface area contributed by atoms with E-state index >= 15 is 0 Å². The van der Waals surface area contributed by atoms with E-state index in [2.05, 4.69) is 13.0 Å². The third kappa shape index (κ3) is 9.83. The molecule has 1 heteroatoms. The lowest BCUT2D eigenvalue weighted by atomic mass is 10.1. The van der Waals surface area contributed by atoms with Gasteiger partial charge in [-0.3, -0.25) is 0 Å². The molecule has 0 atom stereocenters. The summed E-state index contributed by atoms with van der Waals surface area (Å²) in [6.45, 7) is 4.21. The molecule has 0 aromatic rings. The van der Waals surface area contributed by atoms with Gasteiger partial charge in [0.1, 0.15) is 0 Å².